The van der Waals surface area contributed by atoms with Crippen LogP contribution in [0.3, 0.4) is 0 Å². The average Bonchev–Trinajstić information content (AvgIpc) is 3.53. The van der Waals surface area contributed by atoms with Gasteiger partial charge in [0.25, 0.3) is 0 Å². The maximum Gasteiger partial charge on any atom is 0.151 e. The molecule has 5 rings (SSSR count). The highest BCUT2D eigenvalue weighted by Crippen LogP contribution is 2.36. The topological polar surface area (TPSA) is 58.0 Å². The van der Waals surface area contributed by atoms with Crippen LogP contribution in [0.25, 0.3) is 0 Å². The second kappa shape index (κ2) is 7.26. The summed E-state index contributed by atoms with van der Waals surface area (Å²) in [5.41, 5.74) is 3.63. The smallest absolute Gasteiger partial charge is 0.151 e. The van der Waals surface area contributed by atoms with Crippen molar-refractivity contribution in [3.63, 3.8) is 0 Å². The van der Waals surface area contributed by atoms with Gasteiger partial charge in [-0.1, -0.05) is 0 Å². The van der Waals surface area contributed by atoms with E-state index >= 15 is 0 Å². The van der Waals surface area contributed by atoms with Crippen LogP contribution in [0.5, 0.6) is 0 Å². The fourth-order valence-electron chi connectivity index (χ4n) is 4.26. The highest BCUT2D eigenvalue weighted by Gasteiger charge is 2.36. The van der Waals surface area contributed by atoms with E-state index in [2.05, 4.69) is 42.1 Å². The van der Waals surface area contributed by atoms with Gasteiger partial charge < -0.3 is 9.80 Å². The summed E-state index contributed by atoms with van der Waals surface area (Å²) in [7, 11) is 0. The summed E-state index contributed by atoms with van der Waals surface area (Å²) < 4.78 is 0. The van der Waals surface area contributed by atoms with Crippen LogP contribution in [0.4, 0.5) is 11.6 Å². The van der Waals surface area contributed by atoms with Gasteiger partial charge in [-0.15, -0.1) is 5.10 Å². The molecule has 0 unspecified atom stereocenters. The van der Waals surface area contributed by atoms with Crippen molar-refractivity contribution >= 4 is 23.4 Å². The van der Waals surface area contributed by atoms with E-state index in [4.69, 9.17) is 0 Å². The van der Waals surface area contributed by atoms with E-state index in [9.17, 15) is 0 Å². The number of aryl methyl sites for hydroxylation is 2. The van der Waals surface area contributed by atoms with Gasteiger partial charge in [0, 0.05) is 49.1 Å². The van der Waals surface area contributed by atoms with Crippen LogP contribution in [0.1, 0.15) is 42.6 Å². The molecule has 142 valence electrons. The van der Waals surface area contributed by atoms with Crippen molar-refractivity contribution < 1.29 is 0 Å². The Morgan fingerprint density at radius 2 is 1.85 bits per heavy atom. The number of hydrogen-bond acceptors (Lipinski definition) is 7. The standard InChI is InChI=1S/C20H26N6S/c1-14-10-19(22-13-21-14)26(16-2-3-16)17-4-7-25(8-5-17)20-11-15-12-27-9-6-18(15)23-24-20/h10-11,13,16-17H,2-9,12H2,1H3. The first-order chi connectivity index (χ1) is 13.3. The van der Waals surface area contributed by atoms with Crippen LogP contribution in [0, 0.1) is 6.92 Å². The van der Waals surface area contributed by atoms with Crippen molar-refractivity contribution in [2.24, 2.45) is 0 Å². The van der Waals surface area contributed by atoms with Gasteiger partial charge in [-0.2, -0.15) is 16.9 Å². The van der Waals surface area contributed by atoms with Crippen molar-refractivity contribution in [3.05, 3.63) is 35.4 Å². The molecular weight excluding hydrogens is 356 g/mol. The van der Waals surface area contributed by atoms with Gasteiger partial charge in [-0.25, -0.2) is 9.97 Å². The van der Waals surface area contributed by atoms with Crippen molar-refractivity contribution in [3.8, 4) is 0 Å². The van der Waals surface area contributed by atoms with Crippen molar-refractivity contribution in [2.75, 3.05) is 28.6 Å². The summed E-state index contributed by atoms with van der Waals surface area (Å²) in [4.78, 5) is 13.8. The van der Waals surface area contributed by atoms with Crippen molar-refractivity contribution in [1.29, 1.82) is 0 Å². The normalized spacial score (nSPS) is 20.4. The molecule has 0 aromatic carbocycles. The van der Waals surface area contributed by atoms with E-state index in [1.807, 2.05) is 18.7 Å². The third-order valence-electron chi connectivity index (χ3n) is 5.86. The van der Waals surface area contributed by atoms with E-state index in [-0.39, 0.29) is 0 Å². The monoisotopic (exact) mass is 382 g/mol. The molecule has 1 saturated carbocycles. The molecule has 0 N–H and O–H groups in total. The molecule has 0 radical (unpaired) electrons. The molecule has 2 fully saturated rings. The summed E-state index contributed by atoms with van der Waals surface area (Å²) in [6, 6.07) is 5.64. The lowest BCUT2D eigenvalue weighted by Crippen LogP contribution is -2.46. The fraction of sp³-hybridized carbons (Fsp3) is 0.600. The Bertz CT molecular complexity index is 816. The molecule has 7 heteroatoms. The molecule has 27 heavy (non-hydrogen) atoms. The van der Waals surface area contributed by atoms with Crippen LogP contribution < -0.4 is 9.80 Å². The van der Waals surface area contributed by atoms with Gasteiger partial charge in [-0.3, -0.25) is 0 Å². The minimum absolute atomic E-state index is 0.559. The summed E-state index contributed by atoms with van der Waals surface area (Å²) in [5, 5.41) is 9.05. The molecule has 1 saturated heterocycles. The predicted octanol–water partition coefficient (Wildman–Crippen LogP) is 3.00. The average molecular weight is 383 g/mol. The van der Waals surface area contributed by atoms with E-state index in [0.29, 0.717) is 12.1 Å². The minimum atomic E-state index is 0.559. The van der Waals surface area contributed by atoms with Gasteiger partial charge >= 0.3 is 0 Å². The number of fused-ring (bicyclic) bond motifs is 1. The third kappa shape index (κ3) is 3.61. The predicted molar refractivity (Wildman–Crippen MR) is 109 cm³/mol. The molecule has 2 aromatic heterocycles. The zero-order chi connectivity index (χ0) is 18.2. The Balaban J connectivity index is 1.29. The lowest BCUT2D eigenvalue weighted by molar-refractivity contribution is 0.456. The number of aromatic nitrogens is 4. The summed E-state index contributed by atoms with van der Waals surface area (Å²) >= 11 is 2.00. The summed E-state index contributed by atoms with van der Waals surface area (Å²) in [6.45, 7) is 4.13. The number of piperidine rings is 1. The molecule has 0 amide bonds. The first kappa shape index (κ1) is 17.2. The summed E-state index contributed by atoms with van der Waals surface area (Å²) in [6.07, 6.45) is 7.63. The second-order valence-corrected chi connectivity index (χ2v) is 8.96. The molecule has 1 aliphatic carbocycles. The van der Waals surface area contributed by atoms with Crippen molar-refractivity contribution in [1.82, 2.24) is 20.2 Å². The van der Waals surface area contributed by atoms with Gasteiger partial charge in [0.2, 0.25) is 0 Å². The first-order valence-corrected chi connectivity index (χ1v) is 11.2. The van der Waals surface area contributed by atoms with Crippen LogP contribution >= 0.6 is 11.8 Å². The van der Waals surface area contributed by atoms with Gasteiger partial charge in [-0.05, 0) is 50.0 Å². The van der Waals surface area contributed by atoms with E-state index < -0.39 is 0 Å². The van der Waals surface area contributed by atoms with Crippen molar-refractivity contribution in [2.45, 2.75) is 56.9 Å². The molecule has 6 nitrogen and oxygen atoms in total. The maximum atomic E-state index is 4.58. The van der Waals surface area contributed by atoms with Gasteiger partial charge in [0.1, 0.15) is 12.1 Å². The third-order valence-corrected chi connectivity index (χ3v) is 6.87. The number of anilines is 2. The minimum Gasteiger partial charge on any atom is -0.355 e. The lowest BCUT2D eigenvalue weighted by atomic mass is 10.0. The Hall–Kier alpha value is -1.89. The molecule has 3 aliphatic rings. The number of hydrogen-bond donors (Lipinski definition) is 0. The van der Waals surface area contributed by atoms with Crippen LogP contribution in [-0.2, 0) is 12.2 Å². The largest absolute Gasteiger partial charge is 0.355 e. The SMILES string of the molecule is Cc1cc(N(C2CC2)C2CCN(c3cc4c(nn3)CCSC4)CC2)ncn1. The quantitative estimate of drug-likeness (QED) is 0.805. The molecule has 4 heterocycles. The van der Waals surface area contributed by atoms with E-state index in [0.717, 1.165) is 55.4 Å². The second-order valence-electron chi connectivity index (χ2n) is 7.85. The zero-order valence-corrected chi connectivity index (χ0v) is 16.7. The lowest BCUT2D eigenvalue weighted by Gasteiger charge is -2.40. The highest BCUT2D eigenvalue weighted by atomic mass is 32.2. The van der Waals surface area contributed by atoms with Gasteiger partial charge in [0.05, 0.1) is 5.69 Å². The molecule has 0 bridgehead atoms. The number of rotatable bonds is 4. The Kier molecular flexibility index (Phi) is 4.63. The number of nitrogens with zero attached hydrogens (tertiary/aromatic N) is 6. The Morgan fingerprint density at radius 3 is 2.63 bits per heavy atom. The Labute approximate surface area is 164 Å². The fourth-order valence-corrected chi connectivity index (χ4v) is 5.22. The zero-order valence-electron chi connectivity index (χ0n) is 15.8. The maximum absolute atomic E-state index is 4.58. The molecular formula is C20H26N6S. The van der Waals surface area contributed by atoms with Gasteiger partial charge in [0.15, 0.2) is 5.82 Å². The molecule has 0 spiro atoms. The molecule has 2 aromatic rings. The van der Waals surface area contributed by atoms with Crippen LogP contribution in [0.15, 0.2) is 18.5 Å². The first-order valence-electron chi connectivity index (χ1n) is 10.0. The molecule has 2 aliphatic heterocycles. The molecule has 0 atom stereocenters. The number of thioether (sulfide) groups is 1. The van der Waals surface area contributed by atoms with E-state index in [1.54, 1.807) is 6.33 Å². The van der Waals surface area contributed by atoms with Crippen LogP contribution in [0.2, 0.25) is 0 Å². The summed E-state index contributed by atoms with van der Waals surface area (Å²) in [5.74, 6) is 4.42. The highest BCUT2D eigenvalue weighted by molar-refractivity contribution is 7.98. The Morgan fingerprint density at radius 1 is 1.04 bits per heavy atom. The van der Waals surface area contributed by atoms with E-state index in [1.165, 1.54) is 29.9 Å². The van der Waals surface area contributed by atoms with Crippen LogP contribution in [-0.4, -0.2) is 51.1 Å².